The number of carboxylic acid groups (broad SMARTS) is 1. The summed E-state index contributed by atoms with van der Waals surface area (Å²) < 4.78 is 0. The fourth-order valence-electron chi connectivity index (χ4n) is 2.21. The molecule has 0 aromatic heterocycles. The highest BCUT2D eigenvalue weighted by Gasteiger charge is 1.96. The van der Waals surface area contributed by atoms with Gasteiger partial charge in [-0.05, 0) is 37.3 Å². The van der Waals surface area contributed by atoms with Crippen molar-refractivity contribution >= 4 is 5.97 Å². The van der Waals surface area contributed by atoms with Gasteiger partial charge in [-0.1, -0.05) is 57.3 Å². The van der Waals surface area contributed by atoms with E-state index in [-0.39, 0.29) is 6.42 Å². The Hall–Kier alpha value is -1.45. The highest BCUT2D eigenvalue weighted by atomic mass is 16.4. The number of aliphatic carboxylic acids is 1. The second kappa shape index (κ2) is 15.9. The Balaban J connectivity index is 3.55. The van der Waals surface area contributed by atoms with Crippen LogP contribution in [0.3, 0.4) is 0 Å². The van der Waals surface area contributed by atoms with E-state index < -0.39 is 5.97 Å². The van der Waals surface area contributed by atoms with Crippen LogP contribution in [0.15, 0.2) is 29.1 Å². The SMILES string of the molecule is CCCCC/C=C(\C/C=C\CCCCCCCC(=O)O)N=O. The van der Waals surface area contributed by atoms with Crippen LogP contribution in [0.1, 0.15) is 84.0 Å². The molecule has 0 atom stereocenters. The average molecular weight is 309 g/mol. The standard InChI is InChI=1S/C18H31NO3/c1-2-3-4-11-14-17(19-22)15-12-9-7-5-6-8-10-13-16-18(20)21/h9,12,14H,2-8,10-11,13,15-16H2,1H3,(H,20,21)/b12-9-,17-14+. The molecule has 0 aliphatic rings. The predicted molar refractivity (Wildman–Crippen MR) is 91.7 cm³/mol. The second-order valence-electron chi connectivity index (χ2n) is 5.66. The molecule has 0 aliphatic carbocycles. The van der Waals surface area contributed by atoms with Gasteiger partial charge in [0.2, 0.25) is 0 Å². The first-order valence-electron chi connectivity index (χ1n) is 8.59. The van der Waals surface area contributed by atoms with Crippen LogP contribution in [0.25, 0.3) is 0 Å². The highest BCUT2D eigenvalue weighted by molar-refractivity contribution is 5.66. The van der Waals surface area contributed by atoms with Gasteiger partial charge in [-0.15, -0.1) is 4.91 Å². The van der Waals surface area contributed by atoms with Crippen molar-refractivity contribution in [3.8, 4) is 0 Å². The Morgan fingerprint density at radius 3 is 2.32 bits per heavy atom. The van der Waals surface area contributed by atoms with Crippen molar-refractivity contribution in [2.45, 2.75) is 84.0 Å². The van der Waals surface area contributed by atoms with Gasteiger partial charge in [-0.2, -0.15) is 0 Å². The van der Waals surface area contributed by atoms with Crippen LogP contribution in [-0.2, 0) is 4.79 Å². The molecule has 0 aliphatic heterocycles. The lowest BCUT2D eigenvalue weighted by Gasteiger charge is -1.98. The molecular formula is C18H31NO3. The molecule has 0 amide bonds. The van der Waals surface area contributed by atoms with Crippen LogP contribution >= 0.6 is 0 Å². The van der Waals surface area contributed by atoms with Crippen molar-refractivity contribution < 1.29 is 9.90 Å². The molecule has 0 radical (unpaired) electrons. The fraction of sp³-hybridized carbons (Fsp3) is 0.722. The van der Waals surface area contributed by atoms with Crippen LogP contribution < -0.4 is 0 Å². The van der Waals surface area contributed by atoms with Crippen molar-refractivity contribution in [2.24, 2.45) is 5.18 Å². The van der Waals surface area contributed by atoms with E-state index in [4.69, 9.17) is 5.11 Å². The predicted octanol–water partition coefficient (Wildman–Crippen LogP) is 5.98. The van der Waals surface area contributed by atoms with E-state index in [2.05, 4.69) is 18.2 Å². The first-order valence-corrected chi connectivity index (χ1v) is 8.59. The number of nitrogens with zero attached hydrogens (tertiary/aromatic N) is 1. The molecule has 0 fully saturated rings. The molecule has 0 bridgehead atoms. The highest BCUT2D eigenvalue weighted by Crippen LogP contribution is 2.11. The third kappa shape index (κ3) is 14.9. The molecule has 0 saturated carbocycles. The molecule has 22 heavy (non-hydrogen) atoms. The van der Waals surface area contributed by atoms with E-state index in [1.54, 1.807) is 0 Å². The van der Waals surface area contributed by atoms with E-state index in [9.17, 15) is 9.70 Å². The van der Waals surface area contributed by atoms with E-state index >= 15 is 0 Å². The van der Waals surface area contributed by atoms with E-state index in [0.717, 1.165) is 51.4 Å². The molecule has 126 valence electrons. The third-order valence-electron chi connectivity index (χ3n) is 3.56. The van der Waals surface area contributed by atoms with Gasteiger partial charge < -0.3 is 5.11 Å². The van der Waals surface area contributed by atoms with Gasteiger partial charge in [0.1, 0.15) is 0 Å². The van der Waals surface area contributed by atoms with E-state index in [1.165, 1.54) is 12.8 Å². The van der Waals surface area contributed by atoms with Crippen LogP contribution in [0.2, 0.25) is 0 Å². The van der Waals surface area contributed by atoms with Gasteiger partial charge in [0.15, 0.2) is 0 Å². The molecule has 0 aromatic carbocycles. The Bertz CT molecular complexity index is 348. The maximum Gasteiger partial charge on any atom is 0.303 e. The molecular weight excluding hydrogens is 278 g/mol. The lowest BCUT2D eigenvalue weighted by atomic mass is 10.1. The molecule has 0 aromatic rings. The molecule has 0 spiro atoms. The Morgan fingerprint density at radius 1 is 0.955 bits per heavy atom. The van der Waals surface area contributed by atoms with E-state index in [0.29, 0.717) is 12.1 Å². The molecule has 4 nitrogen and oxygen atoms in total. The topological polar surface area (TPSA) is 66.7 Å². The average Bonchev–Trinajstić information content (AvgIpc) is 2.50. The van der Waals surface area contributed by atoms with Gasteiger partial charge in [0, 0.05) is 12.8 Å². The van der Waals surface area contributed by atoms with Crippen LogP contribution in [0.4, 0.5) is 0 Å². The van der Waals surface area contributed by atoms with Gasteiger partial charge >= 0.3 is 5.97 Å². The Labute approximate surface area is 134 Å². The maximum absolute atomic E-state index is 10.7. The number of nitroso groups, excluding NO2 is 1. The van der Waals surface area contributed by atoms with Crippen molar-refractivity contribution in [1.29, 1.82) is 0 Å². The number of carbonyl (C=O) groups is 1. The van der Waals surface area contributed by atoms with Gasteiger partial charge in [-0.3, -0.25) is 4.79 Å². The largest absolute Gasteiger partial charge is 0.481 e. The van der Waals surface area contributed by atoms with Crippen molar-refractivity contribution in [2.75, 3.05) is 0 Å². The van der Waals surface area contributed by atoms with Gasteiger partial charge in [0.25, 0.3) is 0 Å². The summed E-state index contributed by atoms with van der Waals surface area (Å²) in [6, 6.07) is 0. The first-order chi connectivity index (χ1) is 10.7. The summed E-state index contributed by atoms with van der Waals surface area (Å²) in [6.07, 6.45) is 17.6. The van der Waals surface area contributed by atoms with Crippen LogP contribution in [0.5, 0.6) is 0 Å². The first kappa shape index (κ1) is 20.6. The van der Waals surface area contributed by atoms with E-state index in [1.807, 2.05) is 12.2 Å². The number of carboxylic acids is 1. The summed E-state index contributed by atoms with van der Waals surface area (Å²) in [5.74, 6) is -0.703. The maximum atomic E-state index is 10.7. The minimum atomic E-state index is -0.703. The molecule has 4 heteroatoms. The smallest absolute Gasteiger partial charge is 0.303 e. The summed E-state index contributed by atoms with van der Waals surface area (Å²) in [6.45, 7) is 2.16. The zero-order chi connectivity index (χ0) is 16.5. The summed E-state index contributed by atoms with van der Waals surface area (Å²) in [7, 11) is 0. The van der Waals surface area contributed by atoms with Crippen LogP contribution in [0, 0.1) is 4.91 Å². The monoisotopic (exact) mass is 309 g/mol. The molecule has 0 saturated heterocycles. The lowest BCUT2D eigenvalue weighted by molar-refractivity contribution is -0.137. The van der Waals surface area contributed by atoms with Crippen molar-refractivity contribution in [3.63, 3.8) is 0 Å². The molecule has 0 heterocycles. The van der Waals surface area contributed by atoms with Crippen LogP contribution in [-0.4, -0.2) is 11.1 Å². The molecule has 0 unspecified atom stereocenters. The third-order valence-corrected chi connectivity index (χ3v) is 3.56. The minimum absolute atomic E-state index is 0.284. The number of hydrogen-bond donors (Lipinski definition) is 1. The lowest BCUT2D eigenvalue weighted by Crippen LogP contribution is -1.93. The van der Waals surface area contributed by atoms with Crippen molar-refractivity contribution in [1.82, 2.24) is 0 Å². The number of rotatable bonds is 15. The quantitative estimate of drug-likeness (QED) is 0.230. The van der Waals surface area contributed by atoms with Crippen molar-refractivity contribution in [3.05, 3.63) is 28.8 Å². The number of hydrogen-bond acceptors (Lipinski definition) is 3. The molecule has 1 N–H and O–H groups in total. The Kier molecular flexibility index (Phi) is 14.9. The summed E-state index contributed by atoms with van der Waals surface area (Å²) in [5.41, 5.74) is 0.640. The van der Waals surface area contributed by atoms with Gasteiger partial charge in [0.05, 0.1) is 5.70 Å². The Morgan fingerprint density at radius 2 is 1.64 bits per heavy atom. The van der Waals surface area contributed by atoms with Gasteiger partial charge in [-0.25, -0.2) is 0 Å². The zero-order valence-electron chi connectivity index (χ0n) is 13.9. The summed E-state index contributed by atoms with van der Waals surface area (Å²) in [4.78, 5) is 21.0. The second-order valence-corrected chi connectivity index (χ2v) is 5.66. The normalized spacial score (nSPS) is 12.0. The number of allylic oxidation sites excluding steroid dienone is 3. The zero-order valence-corrected chi connectivity index (χ0v) is 13.9. The summed E-state index contributed by atoms with van der Waals surface area (Å²) >= 11 is 0. The fourth-order valence-corrected chi connectivity index (χ4v) is 2.21. The summed E-state index contributed by atoms with van der Waals surface area (Å²) in [5, 5.41) is 11.6. The molecule has 0 rings (SSSR count). The minimum Gasteiger partial charge on any atom is -0.481 e. The number of unbranched alkanes of at least 4 members (excludes halogenated alkanes) is 8.